The molecule has 0 aliphatic carbocycles. The Labute approximate surface area is 101 Å². The maximum atomic E-state index is 12.0. The van der Waals surface area contributed by atoms with Gasteiger partial charge in [0, 0.05) is 13.1 Å². The first kappa shape index (κ1) is 12.0. The highest BCUT2D eigenvalue weighted by molar-refractivity contribution is 5.80. The maximum Gasteiger partial charge on any atom is 0.328 e. The van der Waals surface area contributed by atoms with Gasteiger partial charge in [-0.3, -0.25) is 4.79 Å². The molecule has 0 fully saturated rings. The van der Waals surface area contributed by atoms with E-state index in [-0.39, 0.29) is 12.1 Å². The monoisotopic (exact) mass is 249 g/mol. The third kappa shape index (κ3) is 2.12. The molecule has 0 saturated carbocycles. The molecule has 8 nitrogen and oxygen atoms in total. The first-order valence-electron chi connectivity index (χ1n) is 5.14. The topological polar surface area (TPSA) is 103 Å². The van der Waals surface area contributed by atoms with E-state index in [1.807, 2.05) is 0 Å². The van der Waals surface area contributed by atoms with Crippen LogP contribution in [-0.2, 0) is 18.4 Å². The van der Waals surface area contributed by atoms with Crippen molar-refractivity contribution >= 4 is 17.0 Å². The summed E-state index contributed by atoms with van der Waals surface area (Å²) in [5.41, 5.74) is 0.560. The van der Waals surface area contributed by atoms with E-state index in [9.17, 15) is 9.59 Å². The number of aromatic nitrogens is 5. The number of fused-ring (bicyclic) bond motifs is 1. The van der Waals surface area contributed by atoms with Crippen molar-refractivity contribution < 1.29 is 9.90 Å². The molecule has 2 aromatic heterocycles. The molecule has 0 aromatic carbocycles. The largest absolute Gasteiger partial charge is 0.478 e. The summed E-state index contributed by atoms with van der Waals surface area (Å²) in [6.07, 6.45) is 2.45. The summed E-state index contributed by atoms with van der Waals surface area (Å²) in [6, 6.07) is 0. The van der Waals surface area contributed by atoms with E-state index in [2.05, 4.69) is 15.4 Å². The standard InChI is InChI=1S/C10H11N5O3/c1-6(3-8(16)17)5-15-10(18)7-4-11-14(2)9(7)12-13-15/h3-4H,5H2,1-2H3,(H,16,17). The number of allylic oxidation sites excluding steroid dienone is 1. The van der Waals surface area contributed by atoms with E-state index in [1.54, 1.807) is 14.0 Å². The SMILES string of the molecule is CC(=CC(=O)O)Cn1nnc2c(cnn2C)c1=O. The zero-order chi connectivity index (χ0) is 13.3. The molecular weight excluding hydrogens is 238 g/mol. The Hall–Kier alpha value is -2.51. The summed E-state index contributed by atoms with van der Waals surface area (Å²) in [5.74, 6) is -1.06. The molecule has 0 spiro atoms. The van der Waals surface area contributed by atoms with E-state index >= 15 is 0 Å². The van der Waals surface area contributed by atoms with E-state index in [1.165, 1.54) is 10.9 Å². The van der Waals surface area contributed by atoms with Crippen LogP contribution in [0.25, 0.3) is 11.0 Å². The van der Waals surface area contributed by atoms with Crippen molar-refractivity contribution in [2.75, 3.05) is 0 Å². The first-order chi connectivity index (χ1) is 8.49. The van der Waals surface area contributed by atoms with Crippen LogP contribution in [0.3, 0.4) is 0 Å². The predicted molar refractivity (Wildman–Crippen MR) is 62.0 cm³/mol. The molecule has 0 unspecified atom stereocenters. The third-order valence-electron chi connectivity index (χ3n) is 2.39. The molecular formula is C10H11N5O3. The van der Waals surface area contributed by atoms with Gasteiger partial charge in [-0.25, -0.2) is 14.2 Å². The quantitative estimate of drug-likeness (QED) is 0.739. The van der Waals surface area contributed by atoms with Gasteiger partial charge in [0.25, 0.3) is 5.56 Å². The van der Waals surface area contributed by atoms with Crippen molar-refractivity contribution in [2.45, 2.75) is 13.5 Å². The number of hydrogen-bond donors (Lipinski definition) is 1. The van der Waals surface area contributed by atoms with Gasteiger partial charge in [-0.2, -0.15) is 5.10 Å². The molecule has 0 aliphatic rings. The lowest BCUT2D eigenvalue weighted by atomic mass is 10.3. The second kappa shape index (κ2) is 4.40. The minimum absolute atomic E-state index is 0.0863. The molecule has 2 heterocycles. The van der Waals surface area contributed by atoms with Gasteiger partial charge in [0.1, 0.15) is 5.39 Å². The van der Waals surface area contributed by atoms with Crippen molar-refractivity contribution in [2.24, 2.45) is 7.05 Å². The Bertz CT molecular complexity index is 697. The summed E-state index contributed by atoms with van der Waals surface area (Å²) in [4.78, 5) is 22.5. The fraction of sp³-hybridized carbons (Fsp3) is 0.300. The average molecular weight is 249 g/mol. The van der Waals surface area contributed by atoms with Crippen LogP contribution in [0.4, 0.5) is 0 Å². The van der Waals surface area contributed by atoms with E-state index < -0.39 is 5.97 Å². The van der Waals surface area contributed by atoms with Crippen molar-refractivity contribution in [3.8, 4) is 0 Å². The molecule has 2 aromatic rings. The molecule has 0 saturated heterocycles. The van der Waals surface area contributed by atoms with Crippen LogP contribution >= 0.6 is 0 Å². The lowest BCUT2D eigenvalue weighted by Gasteiger charge is -2.02. The maximum absolute atomic E-state index is 12.0. The smallest absolute Gasteiger partial charge is 0.328 e. The number of carboxylic acid groups (broad SMARTS) is 1. The molecule has 0 aliphatic heterocycles. The summed E-state index contributed by atoms with van der Waals surface area (Å²) in [5, 5.41) is 20.5. The predicted octanol–water partition coefficient (Wildman–Crippen LogP) is -0.444. The summed E-state index contributed by atoms with van der Waals surface area (Å²) >= 11 is 0. The number of carboxylic acids is 1. The second-order valence-electron chi connectivity index (χ2n) is 3.89. The first-order valence-corrected chi connectivity index (χ1v) is 5.14. The number of aryl methyl sites for hydroxylation is 1. The lowest BCUT2D eigenvalue weighted by molar-refractivity contribution is -0.131. The fourth-order valence-corrected chi connectivity index (χ4v) is 1.57. The molecule has 0 atom stereocenters. The molecule has 0 radical (unpaired) electrons. The Morgan fingerprint density at radius 2 is 2.28 bits per heavy atom. The van der Waals surface area contributed by atoms with Crippen molar-refractivity contribution in [1.82, 2.24) is 24.8 Å². The Morgan fingerprint density at radius 3 is 2.94 bits per heavy atom. The third-order valence-corrected chi connectivity index (χ3v) is 2.39. The van der Waals surface area contributed by atoms with Crippen LogP contribution in [0.5, 0.6) is 0 Å². The van der Waals surface area contributed by atoms with Crippen LogP contribution in [0.2, 0.25) is 0 Å². The van der Waals surface area contributed by atoms with Gasteiger partial charge in [-0.05, 0) is 12.5 Å². The van der Waals surface area contributed by atoms with Crippen LogP contribution in [0.1, 0.15) is 6.92 Å². The highest BCUT2D eigenvalue weighted by atomic mass is 16.4. The fourth-order valence-electron chi connectivity index (χ4n) is 1.57. The minimum atomic E-state index is -1.06. The zero-order valence-electron chi connectivity index (χ0n) is 9.86. The lowest BCUT2D eigenvalue weighted by Crippen LogP contribution is -2.24. The Kier molecular flexibility index (Phi) is 2.92. The number of aliphatic carboxylic acids is 1. The van der Waals surface area contributed by atoms with Gasteiger partial charge in [0.05, 0.1) is 12.7 Å². The number of rotatable bonds is 3. The highest BCUT2D eigenvalue weighted by Crippen LogP contribution is 2.02. The number of hydrogen-bond acceptors (Lipinski definition) is 5. The van der Waals surface area contributed by atoms with Gasteiger partial charge in [0.15, 0.2) is 5.65 Å². The number of carbonyl (C=O) groups is 1. The molecule has 18 heavy (non-hydrogen) atoms. The normalized spacial score (nSPS) is 12.0. The van der Waals surface area contributed by atoms with Crippen molar-refractivity contribution in [1.29, 1.82) is 0 Å². The van der Waals surface area contributed by atoms with Crippen molar-refractivity contribution in [3.05, 3.63) is 28.2 Å². The van der Waals surface area contributed by atoms with Crippen LogP contribution in [-0.4, -0.2) is 35.9 Å². The Morgan fingerprint density at radius 1 is 1.56 bits per heavy atom. The molecule has 8 heteroatoms. The number of nitrogens with zero attached hydrogens (tertiary/aromatic N) is 5. The molecule has 94 valence electrons. The van der Waals surface area contributed by atoms with Gasteiger partial charge >= 0.3 is 5.97 Å². The summed E-state index contributed by atoms with van der Waals surface area (Å²) in [6.45, 7) is 1.69. The van der Waals surface area contributed by atoms with E-state index in [4.69, 9.17) is 5.11 Å². The summed E-state index contributed by atoms with van der Waals surface area (Å²) in [7, 11) is 1.66. The van der Waals surface area contributed by atoms with E-state index in [0.717, 1.165) is 10.8 Å². The molecule has 0 amide bonds. The van der Waals surface area contributed by atoms with Gasteiger partial charge < -0.3 is 5.11 Å². The molecule has 2 rings (SSSR count). The zero-order valence-corrected chi connectivity index (χ0v) is 9.86. The Balaban J connectivity index is 2.44. The molecule has 1 N–H and O–H groups in total. The average Bonchev–Trinajstić information content (AvgIpc) is 2.64. The van der Waals surface area contributed by atoms with Crippen molar-refractivity contribution in [3.63, 3.8) is 0 Å². The highest BCUT2D eigenvalue weighted by Gasteiger charge is 2.09. The minimum Gasteiger partial charge on any atom is -0.478 e. The molecule has 0 bridgehead atoms. The van der Waals surface area contributed by atoms with Crippen LogP contribution < -0.4 is 5.56 Å². The van der Waals surface area contributed by atoms with Gasteiger partial charge in [0.2, 0.25) is 0 Å². The summed E-state index contributed by atoms with van der Waals surface area (Å²) < 4.78 is 2.56. The van der Waals surface area contributed by atoms with Crippen LogP contribution in [0.15, 0.2) is 22.6 Å². The van der Waals surface area contributed by atoms with Gasteiger partial charge in [-0.15, -0.1) is 5.10 Å². The van der Waals surface area contributed by atoms with E-state index in [0.29, 0.717) is 16.6 Å². The van der Waals surface area contributed by atoms with Gasteiger partial charge in [-0.1, -0.05) is 5.21 Å². The second-order valence-corrected chi connectivity index (χ2v) is 3.89. The van der Waals surface area contributed by atoms with Crippen LogP contribution in [0, 0.1) is 0 Å².